The summed E-state index contributed by atoms with van der Waals surface area (Å²) in [5.41, 5.74) is 0.410. The van der Waals surface area contributed by atoms with Gasteiger partial charge in [0.1, 0.15) is 0 Å². The van der Waals surface area contributed by atoms with Crippen molar-refractivity contribution in [3.8, 4) is 0 Å². The standard InChI is InChI=1S/C15H17NO/c17-15(7-9-16-10-8-15)14-6-5-12-3-1-2-4-13(12)11-14/h1-6,11,16-17H,7-10H2. The predicted molar refractivity (Wildman–Crippen MR) is 69.9 cm³/mol. The van der Waals surface area contributed by atoms with E-state index in [1.165, 1.54) is 10.8 Å². The van der Waals surface area contributed by atoms with Crippen molar-refractivity contribution in [2.24, 2.45) is 0 Å². The third-order valence-electron chi connectivity index (χ3n) is 3.72. The van der Waals surface area contributed by atoms with E-state index in [1.807, 2.05) is 12.1 Å². The van der Waals surface area contributed by atoms with E-state index in [4.69, 9.17) is 0 Å². The van der Waals surface area contributed by atoms with E-state index in [0.29, 0.717) is 0 Å². The summed E-state index contributed by atoms with van der Waals surface area (Å²) in [7, 11) is 0. The number of hydrogen-bond donors (Lipinski definition) is 2. The van der Waals surface area contributed by atoms with Crippen LogP contribution in [0.15, 0.2) is 42.5 Å². The van der Waals surface area contributed by atoms with Crippen molar-refractivity contribution in [2.75, 3.05) is 13.1 Å². The first-order chi connectivity index (χ1) is 8.28. The van der Waals surface area contributed by atoms with Crippen molar-refractivity contribution >= 4 is 10.8 Å². The predicted octanol–water partition coefficient (Wildman–Crippen LogP) is 2.41. The molecule has 0 spiro atoms. The smallest absolute Gasteiger partial charge is 0.0920 e. The molecule has 1 aliphatic rings. The maximum absolute atomic E-state index is 10.7. The molecule has 0 radical (unpaired) electrons. The topological polar surface area (TPSA) is 32.3 Å². The van der Waals surface area contributed by atoms with E-state index in [0.717, 1.165) is 31.5 Å². The average Bonchev–Trinajstić information content (AvgIpc) is 2.39. The van der Waals surface area contributed by atoms with Crippen molar-refractivity contribution in [2.45, 2.75) is 18.4 Å². The van der Waals surface area contributed by atoms with Crippen LogP contribution in [0.2, 0.25) is 0 Å². The Morgan fingerprint density at radius 3 is 2.41 bits per heavy atom. The third-order valence-corrected chi connectivity index (χ3v) is 3.72. The lowest BCUT2D eigenvalue weighted by atomic mass is 9.84. The second-order valence-corrected chi connectivity index (χ2v) is 4.84. The molecule has 2 nitrogen and oxygen atoms in total. The highest BCUT2D eigenvalue weighted by Crippen LogP contribution is 2.32. The lowest BCUT2D eigenvalue weighted by Crippen LogP contribution is -2.39. The zero-order valence-electron chi connectivity index (χ0n) is 9.82. The summed E-state index contributed by atoms with van der Waals surface area (Å²) in [5.74, 6) is 0. The summed E-state index contributed by atoms with van der Waals surface area (Å²) >= 11 is 0. The highest BCUT2D eigenvalue weighted by Gasteiger charge is 2.30. The maximum atomic E-state index is 10.7. The Morgan fingerprint density at radius 1 is 0.941 bits per heavy atom. The number of nitrogens with one attached hydrogen (secondary N) is 1. The summed E-state index contributed by atoms with van der Waals surface area (Å²) < 4.78 is 0. The normalized spacial score (nSPS) is 19.4. The molecule has 17 heavy (non-hydrogen) atoms. The second kappa shape index (κ2) is 4.13. The molecule has 0 aliphatic carbocycles. The van der Waals surface area contributed by atoms with Gasteiger partial charge in [0.2, 0.25) is 0 Å². The first-order valence-electron chi connectivity index (χ1n) is 6.20. The van der Waals surface area contributed by atoms with Gasteiger partial charge >= 0.3 is 0 Å². The second-order valence-electron chi connectivity index (χ2n) is 4.84. The van der Waals surface area contributed by atoms with Gasteiger partial charge in [-0.1, -0.05) is 36.4 Å². The van der Waals surface area contributed by atoms with Crippen LogP contribution >= 0.6 is 0 Å². The minimum absolute atomic E-state index is 0.644. The highest BCUT2D eigenvalue weighted by atomic mass is 16.3. The SMILES string of the molecule is OC1(c2ccc3ccccc3c2)CCNCC1. The summed E-state index contributed by atoms with van der Waals surface area (Å²) in [5, 5.41) is 16.4. The van der Waals surface area contributed by atoms with E-state index in [-0.39, 0.29) is 0 Å². The minimum atomic E-state index is -0.644. The summed E-state index contributed by atoms with van der Waals surface area (Å²) in [4.78, 5) is 0. The van der Waals surface area contributed by atoms with Crippen LogP contribution in [0.4, 0.5) is 0 Å². The number of fused-ring (bicyclic) bond motifs is 1. The molecular formula is C15H17NO. The molecule has 2 aromatic rings. The fourth-order valence-electron chi connectivity index (χ4n) is 2.61. The Labute approximate surface area is 101 Å². The summed E-state index contributed by atoms with van der Waals surface area (Å²) in [6.07, 6.45) is 1.59. The quantitative estimate of drug-likeness (QED) is 0.784. The van der Waals surface area contributed by atoms with E-state index < -0.39 is 5.60 Å². The first kappa shape index (κ1) is 10.8. The number of hydrogen-bond acceptors (Lipinski definition) is 2. The molecule has 1 aliphatic heterocycles. The van der Waals surface area contributed by atoms with Gasteiger partial charge in [0.25, 0.3) is 0 Å². The molecule has 0 bridgehead atoms. The molecule has 2 N–H and O–H groups in total. The zero-order chi connectivity index (χ0) is 11.7. The van der Waals surface area contributed by atoms with Crippen molar-refractivity contribution in [1.82, 2.24) is 5.32 Å². The third kappa shape index (κ3) is 1.94. The molecule has 2 aromatic carbocycles. The fourth-order valence-corrected chi connectivity index (χ4v) is 2.61. The first-order valence-corrected chi connectivity index (χ1v) is 6.20. The van der Waals surface area contributed by atoms with Crippen LogP contribution in [0.5, 0.6) is 0 Å². The largest absolute Gasteiger partial charge is 0.385 e. The molecule has 2 heteroatoms. The summed E-state index contributed by atoms with van der Waals surface area (Å²) in [6, 6.07) is 14.6. The molecule has 1 saturated heterocycles. The van der Waals surface area contributed by atoms with Gasteiger partial charge in [-0.2, -0.15) is 0 Å². The maximum Gasteiger partial charge on any atom is 0.0920 e. The van der Waals surface area contributed by atoms with Crippen molar-refractivity contribution in [3.63, 3.8) is 0 Å². The van der Waals surface area contributed by atoms with Gasteiger partial charge in [-0.25, -0.2) is 0 Å². The van der Waals surface area contributed by atoms with Crippen LogP contribution in [-0.4, -0.2) is 18.2 Å². The highest BCUT2D eigenvalue weighted by molar-refractivity contribution is 5.83. The molecule has 0 unspecified atom stereocenters. The molecule has 1 fully saturated rings. The van der Waals surface area contributed by atoms with Crippen LogP contribution in [0.25, 0.3) is 10.8 Å². The minimum Gasteiger partial charge on any atom is -0.385 e. The number of benzene rings is 2. The molecule has 0 amide bonds. The Hall–Kier alpha value is -1.38. The van der Waals surface area contributed by atoms with E-state index >= 15 is 0 Å². The molecule has 3 rings (SSSR count). The van der Waals surface area contributed by atoms with E-state index in [9.17, 15) is 5.11 Å². The van der Waals surface area contributed by atoms with Gasteiger partial charge in [-0.15, -0.1) is 0 Å². The van der Waals surface area contributed by atoms with Gasteiger partial charge in [-0.05, 0) is 48.3 Å². The molecule has 88 valence electrons. The van der Waals surface area contributed by atoms with Crippen molar-refractivity contribution in [3.05, 3.63) is 48.0 Å². The van der Waals surface area contributed by atoms with Gasteiger partial charge in [-0.3, -0.25) is 0 Å². The molecule has 0 saturated carbocycles. The zero-order valence-corrected chi connectivity index (χ0v) is 9.82. The van der Waals surface area contributed by atoms with Crippen LogP contribution < -0.4 is 5.32 Å². The number of piperidine rings is 1. The summed E-state index contributed by atoms with van der Waals surface area (Å²) in [6.45, 7) is 1.78. The monoisotopic (exact) mass is 227 g/mol. The molecule has 0 aromatic heterocycles. The van der Waals surface area contributed by atoms with Crippen LogP contribution in [0, 0.1) is 0 Å². The Balaban J connectivity index is 2.05. The van der Waals surface area contributed by atoms with Crippen LogP contribution in [0.1, 0.15) is 18.4 Å². The molecule has 1 heterocycles. The van der Waals surface area contributed by atoms with E-state index in [1.54, 1.807) is 0 Å². The number of aliphatic hydroxyl groups is 1. The van der Waals surface area contributed by atoms with Crippen molar-refractivity contribution in [1.29, 1.82) is 0 Å². The van der Waals surface area contributed by atoms with Gasteiger partial charge in [0, 0.05) is 0 Å². The average molecular weight is 227 g/mol. The van der Waals surface area contributed by atoms with Gasteiger partial charge in [0.15, 0.2) is 0 Å². The Kier molecular flexibility index (Phi) is 2.61. The molecule has 0 atom stereocenters. The fraction of sp³-hybridized carbons (Fsp3) is 0.333. The Bertz CT molecular complexity index is 529. The molecular weight excluding hydrogens is 210 g/mol. The van der Waals surface area contributed by atoms with Crippen molar-refractivity contribution < 1.29 is 5.11 Å². The van der Waals surface area contributed by atoms with Crippen LogP contribution in [0.3, 0.4) is 0 Å². The lowest BCUT2D eigenvalue weighted by Gasteiger charge is -2.33. The van der Waals surface area contributed by atoms with Gasteiger partial charge in [0.05, 0.1) is 5.60 Å². The van der Waals surface area contributed by atoms with E-state index in [2.05, 4.69) is 35.6 Å². The van der Waals surface area contributed by atoms with Crippen LogP contribution in [-0.2, 0) is 5.60 Å². The van der Waals surface area contributed by atoms with Gasteiger partial charge < -0.3 is 10.4 Å². The Morgan fingerprint density at radius 2 is 1.65 bits per heavy atom. The lowest BCUT2D eigenvalue weighted by molar-refractivity contribution is 0.00606. The number of rotatable bonds is 1.